The van der Waals surface area contributed by atoms with Crippen molar-refractivity contribution in [3.63, 3.8) is 0 Å². The first-order valence-corrected chi connectivity index (χ1v) is 6.15. The molecule has 1 aliphatic heterocycles. The van der Waals surface area contributed by atoms with Gasteiger partial charge in [0.25, 0.3) is 0 Å². The van der Waals surface area contributed by atoms with E-state index < -0.39 is 18.0 Å². The summed E-state index contributed by atoms with van der Waals surface area (Å²) in [5.41, 5.74) is 1.45. The first-order chi connectivity index (χ1) is 9.67. The van der Waals surface area contributed by atoms with Crippen molar-refractivity contribution >= 4 is 18.2 Å². The number of benzene rings is 1. The number of hydrogen-bond donors (Lipinski definition) is 0. The fraction of sp³-hybridized carbons (Fsp3) is 0.267. The van der Waals surface area contributed by atoms with Gasteiger partial charge in [-0.2, -0.15) is 0 Å². The van der Waals surface area contributed by atoms with Crippen LogP contribution >= 0.6 is 0 Å². The lowest BCUT2D eigenvalue weighted by Gasteiger charge is -2.12. The lowest BCUT2D eigenvalue weighted by Crippen LogP contribution is -2.21. The molecule has 1 aromatic rings. The van der Waals surface area contributed by atoms with Gasteiger partial charge in [-0.1, -0.05) is 30.3 Å². The number of methoxy groups -OCH3 is 2. The minimum Gasteiger partial charge on any atom is -0.466 e. The van der Waals surface area contributed by atoms with Crippen molar-refractivity contribution < 1.29 is 19.1 Å². The summed E-state index contributed by atoms with van der Waals surface area (Å²) in [6, 6.07) is 9.21. The SMILES string of the molecule is COC(=O)C1=C(C(=O)OC)C(Cc2ccccc2)N=C1. The third-order valence-corrected chi connectivity index (χ3v) is 3.09. The Morgan fingerprint density at radius 1 is 1.10 bits per heavy atom. The van der Waals surface area contributed by atoms with Crippen LogP contribution in [0.15, 0.2) is 46.5 Å². The number of nitrogens with zero attached hydrogens (tertiary/aromatic N) is 1. The van der Waals surface area contributed by atoms with E-state index in [0.717, 1.165) is 5.56 Å². The van der Waals surface area contributed by atoms with Crippen LogP contribution in [0.4, 0.5) is 0 Å². The van der Waals surface area contributed by atoms with Crippen LogP contribution in [-0.4, -0.2) is 38.4 Å². The molecule has 104 valence electrons. The van der Waals surface area contributed by atoms with Crippen LogP contribution in [0.5, 0.6) is 0 Å². The van der Waals surface area contributed by atoms with Crippen LogP contribution in [0.25, 0.3) is 0 Å². The Labute approximate surface area is 116 Å². The molecule has 1 aliphatic rings. The molecule has 1 unspecified atom stereocenters. The second-order valence-corrected chi connectivity index (χ2v) is 4.29. The highest BCUT2D eigenvalue weighted by molar-refractivity contribution is 6.17. The number of ether oxygens (including phenoxy) is 2. The standard InChI is InChI=1S/C15H15NO4/c1-19-14(17)11-9-16-12(13(11)15(18)20-2)8-10-6-4-3-5-7-10/h3-7,9,12H,8H2,1-2H3. The van der Waals surface area contributed by atoms with Crippen molar-refractivity contribution in [2.24, 2.45) is 4.99 Å². The van der Waals surface area contributed by atoms with Gasteiger partial charge in [-0.25, -0.2) is 9.59 Å². The van der Waals surface area contributed by atoms with Gasteiger partial charge >= 0.3 is 11.9 Å². The quantitative estimate of drug-likeness (QED) is 0.776. The normalized spacial score (nSPS) is 17.2. The molecule has 20 heavy (non-hydrogen) atoms. The van der Waals surface area contributed by atoms with Crippen LogP contribution in [0.3, 0.4) is 0 Å². The highest BCUT2D eigenvalue weighted by atomic mass is 16.5. The number of esters is 2. The molecule has 0 saturated heterocycles. The molecule has 0 fully saturated rings. The van der Waals surface area contributed by atoms with Crippen LogP contribution in [0.2, 0.25) is 0 Å². The van der Waals surface area contributed by atoms with Gasteiger partial charge in [0.2, 0.25) is 0 Å². The topological polar surface area (TPSA) is 65.0 Å². The third-order valence-electron chi connectivity index (χ3n) is 3.09. The molecular weight excluding hydrogens is 258 g/mol. The largest absolute Gasteiger partial charge is 0.466 e. The van der Waals surface area contributed by atoms with Crippen molar-refractivity contribution in [1.82, 2.24) is 0 Å². The molecular formula is C15H15NO4. The van der Waals surface area contributed by atoms with Gasteiger partial charge in [0.15, 0.2) is 0 Å². The van der Waals surface area contributed by atoms with Gasteiger partial charge in [0.05, 0.1) is 31.4 Å². The number of carbonyl (C=O) groups is 2. The van der Waals surface area contributed by atoms with E-state index in [2.05, 4.69) is 9.73 Å². The van der Waals surface area contributed by atoms with Crippen molar-refractivity contribution in [3.05, 3.63) is 47.0 Å². The zero-order chi connectivity index (χ0) is 14.5. The van der Waals surface area contributed by atoms with Gasteiger partial charge < -0.3 is 9.47 Å². The monoisotopic (exact) mass is 273 g/mol. The minimum absolute atomic E-state index is 0.167. The summed E-state index contributed by atoms with van der Waals surface area (Å²) in [7, 11) is 2.55. The molecule has 0 N–H and O–H groups in total. The fourth-order valence-electron chi connectivity index (χ4n) is 2.11. The van der Waals surface area contributed by atoms with E-state index in [1.807, 2.05) is 30.3 Å². The van der Waals surface area contributed by atoms with Crippen LogP contribution < -0.4 is 0 Å². The average Bonchev–Trinajstić information content (AvgIpc) is 2.90. The summed E-state index contributed by atoms with van der Waals surface area (Å²) in [6.45, 7) is 0. The highest BCUT2D eigenvalue weighted by Crippen LogP contribution is 2.23. The molecule has 0 bridgehead atoms. The summed E-state index contributed by atoms with van der Waals surface area (Å²) in [5, 5.41) is 0. The minimum atomic E-state index is -0.579. The lowest BCUT2D eigenvalue weighted by molar-refractivity contribution is -0.139. The number of rotatable bonds is 4. The van der Waals surface area contributed by atoms with Crippen molar-refractivity contribution in [2.45, 2.75) is 12.5 Å². The molecule has 0 spiro atoms. The number of aliphatic imine (C=N–C) groups is 1. The lowest BCUT2D eigenvalue weighted by atomic mass is 9.98. The van der Waals surface area contributed by atoms with Gasteiger partial charge in [0.1, 0.15) is 0 Å². The smallest absolute Gasteiger partial charge is 0.340 e. The van der Waals surface area contributed by atoms with E-state index in [0.29, 0.717) is 6.42 Å². The first kappa shape index (κ1) is 14.0. The van der Waals surface area contributed by atoms with Crippen LogP contribution in [0.1, 0.15) is 5.56 Å². The van der Waals surface area contributed by atoms with E-state index in [1.54, 1.807) is 0 Å². The molecule has 1 atom stereocenters. The van der Waals surface area contributed by atoms with E-state index in [9.17, 15) is 9.59 Å². The van der Waals surface area contributed by atoms with Gasteiger partial charge in [-0.15, -0.1) is 0 Å². The maximum absolute atomic E-state index is 11.9. The Hall–Kier alpha value is -2.43. The fourth-order valence-corrected chi connectivity index (χ4v) is 2.11. The molecule has 0 aliphatic carbocycles. The van der Waals surface area contributed by atoms with E-state index in [4.69, 9.17) is 4.74 Å². The average molecular weight is 273 g/mol. The summed E-state index contributed by atoms with van der Waals surface area (Å²) in [4.78, 5) is 27.8. The zero-order valence-electron chi connectivity index (χ0n) is 11.3. The number of carbonyl (C=O) groups excluding carboxylic acids is 2. The predicted octanol–water partition coefficient (Wildman–Crippen LogP) is 1.32. The Balaban J connectivity index is 2.30. The van der Waals surface area contributed by atoms with Crippen LogP contribution in [-0.2, 0) is 25.5 Å². The van der Waals surface area contributed by atoms with E-state index in [1.165, 1.54) is 20.4 Å². The predicted molar refractivity (Wildman–Crippen MR) is 73.5 cm³/mol. The summed E-state index contributed by atoms with van der Waals surface area (Å²) < 4.78 is 9.40. The third kappa shape index (κ3) is 2.77. The van der Waals surface area contributed by atoms with Crippen LogP contribution in [0, 0.1) is 0 Å². The molecule has 5 nitrogen and oxygen atoms in total. The second-order valence-electron chi connectivity index (χ2n) is 4.29. The van der Waals surface area contributed by atoms with Crippen molar-refractivity contribution in [2.75, 3.05) is 14.2 Å². The Morgan fingerprint density at radius 2 is 1.75 bits per heavy atom. The highest BCUT2D eigenvalue weighted by Gasteiger charge is 2.32. The molecule has 5 heteroatoms. The van der Waals surface area contributed by atoms with Gasteiger partial charge in [0, 0.05) is 6.21 Å². The molecule has 2 rings (SSSR count). The Kier molecular flexibility index (Phi) is 4.30. The molecule has 0 aromatic heterocycles. The van der Waals surface area contributed by atoms with Gasteiger partial charge in [-0.3, -0.25) is 4.99 Å². The molecule has 1 aromatic carbocycles. The second kappa shape index (κ2) is 6.14. The molecule has 0 saturated carbocycles. The summed E-state index contributed by atoms with van der Waals surface area (Å²) in [5.74, 6) is -1.13. The maximum Gasteiger partial charge on any atom is 0.340 e. The summed E-state index contributed by atoms with van der Waals surface area (Å²) >= 11 is 0. The van der Waals surface area contributed by atoms with Crippen molar-refractivity contribution in [1.29, 1.82) is 0 Å². The molecule has 0 radical (unpaired) electrons. The van der Waals surface area contributed by atoms with Gasteiger partial charge in [-0.05, 0) is 12.0 Å². The summed E-state index contributed by atoms with van der Waals surface area (Å²) in [6.07, 6.45) is 1.91. The van der Waals surface area contributed by atoms with Crippen molar-refractivity contribution in [3.8, 4) is 0 Å². The molecule has 0 amide bonds. The Bertz CT molecular complexity index is 575. The first-order valence-electron chi connectivity index (χ1n) is 6.15. The Morgan fingerprint density at radius 3 is 2.35 bits per heavy atom. The molecule has 1 heterocycles. The van der Waals surface area contributed by atoms with E-state index >= 15 is 0 Å². The maximum atomic E-state index is 11.9. The van der Waals surface area contributed by atoms with E-state index in [-0.39, 0.29) is 11.1 Å². The number of hydrogen-bond acceptors (Lipinski definition) is 5. The zero-order valence-corrected chi connectivity index (χ0v) is 11.3.